The third kappa shape index (κ3) is 4.83. The summed E-state index contributed by atoms with van der Waals surface area (Å²) in [7, 11) is 0. The molecule has 147 valence electrons. The first-order valence-corrected chi connectivity index (χ1v) is 10.0. The van der Waals surface area contributed by atoms with Crippen molar-refractivity contribution in [3.63, 3.8) is 0 Å². The van der Waals surface area contributed by atoms with Crippen LogP contribution in [0.3, 0.4) is 0 Å². The Morgan fingerprint density at radius 1 is 0.962 bits per heavy atom. The molecule has 1 saturated heterocycles. The van der Waals surface area contributed by atoms with Gasteiger partial charge >= 0.3 is 0 Å². The summed E-state index contributed by atoms with van der Waals surface area (Å²) >= 11 is 0. The van der Waals surface area contributed by atoms with Gasteiger partial charge in [-0.15, -0.1) is 10.3 Å². The molecule has 0 atom stereocenters. The van der Waals surface area contributed by atoms with E-state index in [-0.39, 0.29) is 11.5 Å². The van der Waals surface area contributed by atoms with Crippen LogP contribution in [0.25, 0.3) is 0 Å². The van der Waals surface area contributed by atoms with E-state index in [1.807, 2.05) is 27.7 Å². The maximum atomic E-state index is 14.8. The van der Waals surface area contributed by atoms with Crippen molar-refractivity contribution < 1.29 is 14.0 Å². The SMILES string of the molecule is CCCCCCCc1cc(F)c(C2CC(C)(C)N([O])C(C)(C)C2)c(F)c1. The van der Waals surface area contributed by atoms with E-state index in [1.54, 1.807) is 0 Å². The van der Waals surface area contributed by atoms with Crippen molar-refractivity contribution in [1.29, 1.82) is 0 Å². The number of hydrogen-bond donors (Lipinski definition) is 0. The van der Waals surface area contributed by atoms with Crippen molar-refractivity contribution in [2.75, 3.05) is 0 Å². The van der Waals surface area contributed by atoms with Gasteiger partial charge in [0.1, 0.15) is 11.6 Å². The largest absolute Gasteiger partial charge is 0.207 e. The Bertz CT molecular complexity index is 571. The second-order valence-corrected chi connectivity index (χ2v) is 9.16. The molecule has 4 heteroatoms. The fourth-order valence-electron chi connectivity index (χ4n) is 4.57. The van der Waals surface area contributed by atoms with Gasteiger partial charge in [-0.25, -0.2) is 8.78 Å². The molecule has 1 fully saturated rings. The van der Waals surface area contributed by atoms with Gasteiger partial charge in [-0.2, -0.15) is 0 Å². The fourth-order valence-corrected chi connectivity index (χ4v) is 4.57. The molecule has 0 spiro atoms. The van der Waals surface area contributed by atoms with E-state index in [2.05, 4.69) is 6.92 Å². The highest BCUT2D eigenvalue weighted by Gasteiger charge is 2.47. The van der Waals surface area contributed by atoms with Gasteiger partial charge in [-0.3, -0.25) is 0 Å². The average molecular weight is 367 g/mol. The zero-order valence-electron chi connectivity index (χ0n) is 17.0. The molecule has 1 aliphatic rings. The van der Waals surface area contributed by atoms with E-state index >= 15 is 0 Å². The van der Waals surface area contributed by atoms with E-state index in [1.165, 1.54) is 31.4 Å². The minimum absolute atomic E-state index is 0.161. The zero-order chi connectivity index (χ0) is 19.5. The van der Waals surface area contributed by atoms with Gasteiger partial charge in [0.2, 0.25) is 0 Å². The van der Waals surface area contributed by atoms with Crippen LogP contribution in [0.5, 0.6) is 0 Å². The Hall–Kier alpha value is -1.00. The van der Waals surface area contributed by atoms with Crippen LogP contribution in [-0.4, -0.2) is 16.1 Å². The molecule has 0 unspecified atom stereocenters. The third-order valence-electron chi connectivity index (χ3n) is 5.71. The molecule has 0 aromatic heterocycles. The van der Waals surface area contributed by atoms with Crippen LogP contribution in [-0.2, 0) is 11.6 Å². The van der Waals surface area contributed by atoms with E-state index in [0.29, 0.717) is 19.3 Å². The first-order valence-electron chi connectivity index (χ1n) is 10.0. The summed E-state index contributed by atoms with van der Waals surface area (Å²) in [6.45, 7) is 9.59. The Morgan fingerprint density at radius 2 is 1.46 bits per heavy atom. The monoisotopic (exact) mass is 366 g/mol. The molecule has 1 radical (unpaired) electrons. The molecule has 0 N–H and O–H groups in total. The lowest BCUT2D eigenvalue weighted by molar-refractivity contribution is -0.289. The predicted octanol–water partition coefficient (Wildman–Crippen LogP) is 6.56. The maximum absolute atomic E-state index is 14.8. The van der Waals surface area contributed by atoms with Crippen LogP contribution < -0.4 is 0 Å². The van der Waals surface area contributed by atoms with E-state index in [0.717, 1.165) is 23.5 Å². The van der Waals surface area contributed by atoms with Crippen LogP contribution >= 0.6 is 0 Å². The molecule has 2 nitrogen and oxygen atoms in total. The molecule has 0 amide bonds. The second-order valence-electron chi connectivity index (χ2n) is 9.16. The van der Waals surface area contributed by atoms with Gasteiger partial charge < -0.3 is 0 Å². The summed E-state index contributed by atoms with van der Waals surface area (Å²) < 4.78 is 29.6. The smallest absolute Gasteiger partial charge is 0.129 e. The van der Waals surface area contributed by atoms with Crippen LogP contribution in [0.4, 0.5) is 8.78 Å². The minimum atomic E-state index is -0.636. The van der Waals surface area contributed by atoms with Gasteiger partial charge in [0.15, 0.2) is 0 Å². The van der Waals surface area contributed by atoms with Crippen molar-refractivity contribution in [2.45, 2.75) is 103 Å². The summed E-state index contributed by atoms with van der Waals surface area (Å²) in [6, 6.07) is 3.00. The van der Waals surface area contributed by atoms with E-state index in [4.69, 9.17) is 0 Å². The molecular weight excluding hydrogens is 332 g/mol. The third-order valence-corrected chi connectivity index (χ3v) is 5.71. The second kappa shape index (κ2) is 8.35. The summed E-state index contributed by atoms with van der Waals surface area (Å²) in [6.07, 6.45) is 7.29. The van der Waals surface area contributed by atoms with Crippen molar-refractivity contribution in [3.8, 4) is 0 Å². The molecule has 0 aliphatic carbocycles. The summed E-state index contributed by atoms with van der Waals surface area (Å²) in [5.74, 6) is -1.18. The van der Waals surface area contributed by atoms with Crippen LogP contribution in [0.15, 0.2) is 12.1 Å². The lowest BCUT2D eigenvalue weighted by atomic mass is 9.72. The average Bonchev–Trinajstić information content (AvgIpc) is 2.51. The van der Waals surface area contributed by atoms with Crippen molar-refractivity contribution >= 4 is 0 Å². The summed E-state index contributed by atoms with van der Waals surface area (Å²) in [4.78, 5) is 0. The van der Waals surface area contributed by atoms with Crippen LogP contribution in [0, 0.1) is 11.6 Å². The quantitative estimate of drug-likeness (QED) is 0.501. The topological polar surface area (TPSA) is 23.1 Å². The van der Waals surface area contributed by atoms with Gasteiger partial charge in [-0.1, -0.05) is 32.6 Å². The van der Waals surface area contributed by atoms with E-state index in [9.17, 15) is 14.0 Å². The van der Waals surface area contributed by atoms with Crippen molar-refractivity contribution in [3.05, 3.63) is 34.9 Å². The number of rotatable bonds is 7. The van der Waals surface area contributed by atoms with E-state index < -0.39 is 22.7 Å². The first-order chi connectivity index (χ1) is 12.1. The highest BCUT2D eigenvalue weighted by Crippen LogP contribution is 2.46. The standard InChI is InChI=1S/C22H34F2NO/c1-6-7-8-9-10-11-16-12-18(23)20(19(24)13-16)17-14-21(2,3)25(26)22(4,5)15-17/h12-13,17H,6-11,14-15H2,1-5H3. The van der Waals surface area contributed by atoms with Gasteiger partial charge in [0, 0.05) is 16.6 Å². The predicted molar refractivity (Wildman–Crippen MR) is 101 cm³/mol. The Morgan fingerprint density at radius 3 is 1.96 bits per heavy atom. The molecule has 1 aliphatic heterocycles. The highest BCUT2D eigenvalue weighted by atomic mass is 19.1. The molecule has 2 rings (SSSR count). The molecule has 0 saturated carbocycles. The molecule has 1 aromatic carbocycles. The highest BCUT2D eigenvalue weighted by molar-refractivity contribution is 5.31. The number of nitrogens with zero attached hydrogens (tertiary/aromatic N) is 1. The number of aryl methyl sites for hydroxylation is 1. The lowest BCUT2D eigenvalue weighted by Gasteiger charge is -2.50. The number of hydroxylamine groups is 2. The fraction of sp³-hybridized carbons (Fsp3) is 0.727. The Kier molecular flexibility index (Phi) is 6.84. The summed E-state index contributed by atoms with van der Waals surface area (Å²) in [5.41, 5.74) is -0.374. The normalized spacial score (nSPS) is 20.5. The van der Waals surface area contributed by atoms with Gasteiger partial charge in [0.25, 0.3) is 0 Å². The molecule has 1 heterocycles. The zero-order valence-corrected chi connectivity index (χ0v) is 17.0. The maximum Gasteiger partial charge on any atom is 0.129 e. The number of halogens is 2. The molecule has 26 heavy (non-hydrogen) atoms. The lowest BCUT2D eigenvalue weighted by Crippen LogP contribution is -2.57. The molecule has 0 bridgehead atoms. The van der Waals surface area contributed by atoms with Gasteiger partial charge in [-0.05, 0) is 77.0 Å². The minimum Gasteiger partial charge on any atom is -0.207 e. The van der Waals surface area contributed by atoms with Crippen LogP contribution in [0.1, 0.15) is 96.6 Å². The summed E-state index contributed by atoms with van der Waals surface area (Å²) in [5, 5.41) is 13.6. The first kappa shape index (κ1) is 21.3. The molecular formula is C22H34F2NO. The number of hydrogen-bond acceptors (Lipinski definition) is 1. The Balaban J connectivity index is 2.15. The van der Waals surface area contributed by atoms with Crippen LogP contribution in [0.2, 0.25) is 0 Å². The number of benzene rings is 1. The van der Waals surface area contributed by atoms with Crippen molar-refractivity contribution in [2.24, 2.45) is 0 Å². The number of piperidine rings is 1. The number of unbranched alkanes of at least 4 members (excludes halogenated alkanes) is 4. The van der Waals surface area contributed by atoms with Gasteiger partial charge in [0.05, 0.1) is 0 Å². The molecule has 1 aromatic rings. The van der Waals surface area contributed by atoms with Crippen molar-refractivity contribution in [1.82, 2.24) is 5.06 Å². The Labute approximate surface area is 157 Å².